The molecule has 2 aromatic carbocycles. The maximum absolute atomic E-state index is 11.3. The van der Waals surface area contributed by atoms with Crippen LogP contribution in [0.4, 0.5) is 5.69 Å². The normalized spacial score (nSPS) is 11.3. The molecule has 2 aromatic rings. The molecule has 0 aliphatic heterocycles. The molecular weight excluding hydrogens is 260 g/mol. The largest absolute Gasteiger partial charge is 0.381 e. The van der Waals surface area contributed by atoms with Gasteiger partial charge in [-0.15, -0.1) is 0 Å². The molecule has 0 fully saturated rings. The summed E-state index contributed by atoms with van der Waals surface area (Å²) in [5.74, 6) is 0. The quantitative estimate of drug-likeness (QED) is 0.899. The molecule has 0 aromatic heterocycles. The van der Waals surface area contributed by atoms with Gasteiger partial charge in [0, 0.05) is 12.2 Å². The third-order valence-corrected chi connectivity index (χ3v) is 3.77. The van der Waals surface area contributed by atoms with E-state index in [0.29, 0.717) is 6.54 Å². The average Bonchev–Trinajstić information content (AvgIpc) is 2.37. The highest BCUT2D eigenvalue weighted by Gasteiger charge is 2.09. The second kappa shape index (κ2) is 5.42. The van der Waals surface area contributed by atoms with E-state index in [1.54, 1.807) is 12.1 Å². The molecule has 0 saturated carbocycles. The fourth-order valence-corrected chi connectivity index (χ4v) is 2.30. The molecule has 0 atom stereocenters. The first-order chi connectivity index (χ1) is 8.97. The number of hydrogen-bond acceptors (Lipinski definition) is 3. The topological polar surface area (TPSA) is 72.2 Å². The van der Waals surface area contributed by atoms with Crippen molar-refractivity contribution >= 4 is 15.7 Å². The third kappa shape index (κ3) is 3.56. The molecule has 0 spiro atoms. The molecule has 2 rings (SSSR count). The summed E-state index contributed by atoms with van der Waals surface area (Å²) < 4.78 is 22.6. The Morgan fingerprint density at radius 3 is 2.42 bits per heavy atom. The molecule has 0 aliphatic rings. The van der Waals surface area contributed by atoms with Gasteiger partial charge in [-0.2, -0.15) is 0 Å². The van der Waals surface area contributed by atoms with Crippen LogP contribution in [0.3, 0.4) is 0 Å². The molecule has 0 radical (unpaired) electrons. The monoisotopic (exact) mass is 276 g/mol. The summed E-state index contributed by atoms with van der Waals surface area (Å²) in [5.41, 5.74) is 2.88. The summed E-state index contributed by atoms with van der Waals surface area (Å²) in [6.45, 7) is 2.55. The van der Waals surface area contributed by atoms with Gasteiger partial charge in [-0.05, 0) is 30.2 Å². The molecule has 0 bridgehead atoms. The fraction of sp³-hybridized carbons (Fsp3) is 0.143. The summed E-state index contributed by atoms with van der Waals surface area (Å²) in [5, 5.41) is 8.35. The van der Waals surface area contributed by atoms with E-state index in [-0.39, 0.29) is 4.90 Å². The van der Waals surface area contributed by atoms with E-state index < -0.39 is 10.0 Å². The van der Waals surface area contributed by atoms with Crippen LogP contribution in [0.25, 0.3) is 0 Å². The maximum Gasteiger partial charge on any atom is 0.238 e. The molecule has 5 heteroatoms. The van der Waals surface area contributed by atoms with Gasteiger partial charge in [-0.3, -0.25) is 0 Å². The number of primary sulfonamides is 1. The molecule has 100 valence electrons. The Balaban J connectivity index is 2.21. The minimum Gasteiger partial charge on any atom is -0.381 e. The van der Waals surface area contributed by atoms with Gasteiger partial charge in [-0.1, -0.05) is 36.4 Å². The van der Waals surface area contributed by atoms with E-state index in [1.807, 2.05) is 37.3 Å². The average molecular weight is 276 g/mol. The zero-order valence-corrected chi connectivity index (χ0v) is 11.4. The van der Waals surface area contributed by atoms with E-state index in [2.05, 4.69) is 5.32 Å². The molecule has 0 amide bonds. The molecule has 19 heavy (non-hydrogen) atoms. The van der Waals surface area contributed by atoms with Crippen molar-refractivity contribution in [2.45, 2.75) is 18.4 Å². The highest BCUT2D eigenvalue weighted by Crippen LogP contribution is 2.20. The number of rotatable bonds is 4. The lowest BCUT2D eigenvalue weighted by molar-refractivity contribution is 0.598. The number of nitrogens with two attached hydrogens (primary N) is 1. The molecule has 0 saturated heterocycles. The minimum atomic E-state index is -3.67. The van der Waals surface area contributed by atoms with Gasteiger partial charge < -0.3 is 5.32 Å². The van der Waals surface area contributed by atoms with Crippen LogP contribution in [0.15, 0.2) is 53.4 Å². The van der Waals surface area contributed by atoms with Crippen molar-refractivity contribution in [2.75, 3.05) is 5.32 Å². The van der Waals surface area contributed by atoms with Gasteiger partial charge in [0.15, 0.2) is 0 Å². The number of anilines is 1. The zero-order chi connectivity index (χ0) is 13.9. The smallest absolute Gasteiger partial charge is 0.238 e. The van der Waals surface area contributed by atoms with Gasteiger partial charge in [0.1, 0.15) is 0 Å². The Bertz CT molecular complexity index is 667. The second-order valence-electron chi connectivity index (χ2n) is 4.36. The highest BCUT2D eigenvalue weighted by atomic mass is 32.2. The standard InChI is InChI=1S/C14H16N2O2S/c1-11-7-8-13(19(15,17)18)9-14(11)16-10-12-5-3-2-4-6-12/h2-9,16H,10H2,1H3,(H2,15,17,18). The van der Waals surface area contributed by atoms with E-state index >= 15 is 0 Å². The van der Waals surface area contributed by atoms with Crippen LogP contribution in [0.1, 0.15) is 11.1 Å². The molecule has 0 unspecified atom stereocenters. The van der Waals surface area contributed by atoms with Crippen LogP contribution in [0.5, 0.6) is 0 Å². The van der Waals surface area contributed by atoms with Crippen molar-refractivity contribution in [1.82, 2.24) is 0 Å². The van der Waals surface area contributed by atoms with Gasteiger partial charge in [0.2, 0.25) is 10.0 Å². The summed E-state index contributed by atoms with van der Waals surface area (Å²) in [6, 6.07) is 14.7. The Kier molecular flexibility index (Phi) is 3.87. The van der Waals surface area contributed by atoms with Crippen LogP contribution in [-0.2, 0) is 16.6 Å². The van der Waals surface area contributed by atoms with Crippen molar-refractivity contribution in [2.24, 2.45) is 5.14 Å². The van der Waals surface area contributed by atoms with E-state index in [4.69, 9.17) is 5.14 Å². The lowest BCUT2D eigenvalue weighted by Gasteiger charge is -2.11. The second-order valence-corrected chi connectivity index (χ2v) is 5.92. The Morgan fingerprint density at radius 2 is 1.79 bits per heavy atom. The molecule has 3 N–H and O–H groups in total. The summed E-state index contributed by atoms with van der Waals surface area (Å²) >= 11 is 0. The number of aryl methyl sites for hydroxylation is 1. The fourth-order valence-electron chi connectivity index (χ4n) is 1.76. The molecular formula is C14H16N2O2S. The predicted octanol–water partition coefficient (Wildman–Crippen LogP) is 2.25. The number of hydrogen-bond donors (Lipinski definition) is 2. The first kappa shape index (κ1) is 13.6. The van der Waals surface area contributed by atoms with Crippen molar-refractivity contribution in [3.05, 3.63) is 59.7 Å². The Morgan fingerprint density at radius 1 is 1.11 bits per heavy atom. The lowest BCUT2D eigenvalue weighted by Crippen LogP contribution is -2.13. The Labute approximate surface area is 113 Å². The Hall–Kier alpha value is -1.85. The van der Waals surface area contributed by atoms with E-state index in [0.717, 1.165) is 16.8 Å². The van der Waals surface area contributed by atoms with Crippen molar-refractivity contribution in [3.63, 3.8) is 0 Å². The van der Waals surface area contributed by atoms with Crippen molar-refractivity contribution < 1.29 is 8.42 Å². The third-order valence-electron chi connectivity index (χ3n) is 2.86. The minimum absolute atomic E-state index is 0.119. The number of nitrogens with one attached hydrogen (secondary N) is 1. The molecule has 0 heterocycles. The zero-order valence-electron chi connectivity index (χ0n) is 10.6. The molecule has 0 aliphatic carbocycles. The van der Waals surface area contributed by atoms with Gasteiger partial charge >= 0.3 is 0 Å². The van der Waals surface area contributed by atoms with Crippen molar-refractivity contribution in [3.8, 4) is 0 Å². The first-order valence-electron chi connectivity index (χ1n) is 5.88. The number of benzene rings is 2. The van der Waals surface area contributed by atoms with E-state index in [1.165, 1.54) is 6.07 Å². The van der Waals surface area contributed by atoms with Crippen LogP contribution in [-0.4, -0.2) is 8.42 Å². The van der Waals surface area contributed by atoms with Gasteiger partial charge in [0.05, 0.1) is 4.90 Å². The van der Waals surface area contributed by atoms with Crippen molar-refractivity contribution in [1.29, 1.82) is 0 Å². The summed E-state index contributed by atoms with van der Waals surface area (Å²) in [7, 11) is -3.67. The maximum atomic E-state index is 11.3. The predicted molar refractivity (Wildman–Crippen MR) is 76.3 cm³/mol. The highest BCUT2D eigenvalue weighted by molar-refractivity contribution is 7.89. The summed E-state index contributed by atoms with van der Waals surface area (Å²) in [6.07, 6.45) is 0. The van der Waals surface area contributed by atoms with Crippen LogP contribution in [0, 0.1) is 6.92 Å². The molecule has 4 nitrogen and oxygen atoms in total. The summed E-state index contributed by atoms with van der Waals surface area (Å²) in [4.78, 5) is 0.119. The first-order valence-corrected chi connectivity index (χ1v) is 7.43. The number of sulfonamides is 1. The van der Waals surface area contributed by atoms with Gasteiger partial charge in [0.25, 0.3) is 0 Å². The van der Waals surface area contributed by atoms with Crippen LogP contribution in [0.2, 0.25) is 0 Å². The van der Waals surface area contributed by atoms with Crippen LogP contribution < -0.4 is 10.5 Å². The SMILES string of the molecule is Cc1ccc(S(N)(=O)=O)cc1NCc1ccccc1. The van der Waals surface area contributed by atoms with E-state index in [9.17, 15) is 8.42 Å². The van der Waals surface area contributed by atoms with Gasteiger partial charge in [-0.25, -0.2) is 13.6 Å². The van der Waals surface area contributed by atoms with Crippen LogP contribution >= 0.6 is 0 Å². The lowest BCUT2D eigenvalue weighted by atomic mass is 10.2.